The molecule has 0 aliphatic carbocycles. The third-order valence-corrected chi connectivity index (χ3v) is 4.04. The Kier molecular flexibility index (Phi) is 2.20. The quantitative estimate of drug-likeness (QED) is 0.706. The molecule has 1 aliphatic rings. The molecule has 0 radical (unpaired) electrons. The normalized spacial score (nSPS) is 19.0. The Morgan fingerprint density at radius 3 is 3.00 bits per heavy atom. The number of halogens is 1. The van der Waals surface area contributed by atoms with Gasteiger partial charge in [0.25, 0.3) is 0 Å². The molecule has 0 atom stereocenters. The smallest absolute Gasteiger partial charge is 0.0562 e. The summed E-state index contributed by atoms with van der Waals surface area (Å²) in [5.41, 5.74) is 1.33. The van der Waals surface area contributed by atoms with Crippen LogP contribution in [0.4, 0.5) is 5.69 Å². The average molecular weight is 214 g/mol. The number of hydrogen-bond donors (Lipinski definition) is 1. The van der Waals surface area contributed by atoms with Crippen LogP contribution in [0.25, 0.3) is 0 Å². The zero-order valence-corrected chi connectivity index (χ0v) is 9.30. The van der Waals surface area contributed by atoms with E-state index in [-0.39, 0.29) is 5.54 Å². The fraction of sp³-hybridized carbons (Fsp3) is 0.400. The number of hydrogen-bond acceptors (Lipinski definition) is 2. The predicted molar refractivity (Wildman–Crippen MR) is 59.9 cm³/mol. The fourth-order valence-corrected chi connectivity index (χ4v) is 2.80. The highest BCUT2D eigenvalue weighted by Gasteiger charge is 2.25. The molecule has 0 fully saturated rings. The minimum absolute atomic E-state index is 0.169. The highest BCUT2D eigenvalue weighted by atomic mass is 35.5. The van der Waals surface area contributed by atoms with E-state index in [4.69, 9.17) is 11.6 Å². The van der Waals surface area contributed by atoms with Crippen LogP contribution < -0.4 is 5.32 Å². The summed E-state index contributed by atoms with van der Waals surface area (Å²) in [5, 5.41) is 4.32. The van der Waals surface area contributed by atoms with Gasteiger partial charge in [0.15, 0.2) is 0 Å². The molecule has 13 heavy (non-hydrogen) atoms. The van der Waals surface area contributed by atoms with E-state index in [0.717, 1.165) is 16.5 Å². The minimum atomic E-state index is 0.169. The molecule has 1 aliphatic heterocycles. The number of thioether (sulfide) groups is 1. The zero-order valence-electron chi connectivity index (χ0n) is 7.73. The van der Waals surface area contributed by atoms with E-state index in [9.17, 15) is 0 Å². The third-order valence-electron chi connectivity index (χ3n) is 2.02. The maximum absolute atomic E-state index is 6.07. The molecule has 2 rings (SSSR count). The molecule has 0 aromatic heterocycles. The molecule has 0 bridgehead atoms. The van der Waals surface area contributed by atoms with Gasteiger partial charge in [-0.15, -0.1) is 11.8 Å². The largest absolute Gasteiger partial charge is 0.378 e. The van der Waals surface area contributed by atoms with Crippen LogP contribution in [0.1, 0.15) is 13.8 Å². The molecule has 1 N–H and O–H groups in total. The average Bonchev–Trinajstić information content (AvgIpc) is 2.02. The molecule has 1 nitrogen and oxygen atoms in total. The van der Waals surface area contributed by atoms with Crippen molar-refractivity contribution in [2.45, 2.75) is 24.3 Å². The molecule has 0 saturated carbocycles. The van der Waals surface area contributed by atoms with Gasteiger partial charge in [0, 0.05) is 21.9 Å². The lowest BCUT2D eigenvalue weighted by Crippen LogP contribution is -2.36. The van der Waals surface area contributed by atoms with Crippen LogP contribution >= 0.6 is 23.4 Å². The van der Waals surface area contributed by atoms with Crippen LogP contribution in [0.3, 0.4) is 0 Å². The van der Waals surface area contributed by atoms with E-state index in [1.165, 1.54) is 4.90 Å². The fourth-order valence-electron chi connectivity index (χ4n) is 1.41. The number of fused-ring (bicyclic) bond motifs is 1. The molecule has 0 saturated heterocycles. The van der Waals surface area contributed by atoms with Crippen molar-refractivity contribution < 1.29 is 0 Å². The first-order valence-electron chi connectivity index (χ1n) is 4.28. The highest BCUT2D eigenvalue weighted by molar-refractivity contribution is 7.99. The molecular weight excluding hydrogens is 202 g/mol. The van der Waals surface area contributed by atoms with Gasteiger partial charge < -0.3 is 5.32 Å². The zero-order chi connectivity index (χ0) is 9.47. The van der Waals surface area contributed by atoms with Crippen molar-refractivity contribution in [1.82, 2.24) is 0 Å². The van der Waals surface area contributed by atoms with Crippen molar-refractivity contribution in [3.05, 3.63) is 23.2 Å². The maximum Gasteiger partial charge on any atom is 0.0562 e. The van der Waals surface area contributed by atoms with Crippen molar-refractivity contribution in [3.8, 4) is 0 Å². The Morgan fingerprint density at radius 1 is 1.46 bits per heavy atom. The van der Waals surface area contributed by atoms with Crippen LogP contribution in [-0.4, -0.2) is 11.3 Å². The van der Waals surface area contributed by atoms with Gasteiger partial charge in [-0.3, -0.25) is 0 Å². The molecule has 3 heteroatoms. The summed E-state index contributed by atoms with van der Waals surface area (Å²) in [6, 6.07) is 6.00. The topological polar surface area (TPSA) is 12.0 Å². The van der Waals surface area contributed by atoms with E-state index >= 15 is 0 Å². The summed E-state index contributed by atoms with van der Waals surface area (Å²) >= 11 is 7.90. The van der Waals surface area contributed by atoms with Crippen LogP contribution in [0.2, 0.25) is 5.02 Å². The number of rotatable bonds is 0. The van der Waals surface area contributed by atoms with E-state index < -0.39 is 0 Å². The molecule has 0 amide bonds. The second kappa shape index (κ2) is 3.10. The minimum Gasteiger partial charge on any atom is -0.378 e. The predicted octanol–water partition coefficient (Wildman–Crippen LogP) is 3.64. The third kappa shape index (κ3) is 1.79. The Bertz CT molecular complexity index is 336. The number of nitrogens with one attached hydrogen (secondary N) is 1. The molecule has 70 valence electrons. The van der Waals surface area contributed by atoms with Gasteiger partial charge in [0.1, 0.15) is 0 Å². The van der Waals surface area contributed by atoms with Crippen LogP contribution in [0, 0.1) is 0 Å². The van der Waals surface area contributed by atoms with E-state index in [0.29, 0.717) is 0 Å². The Morgan fingerprint density at radius 2 is 2.23 bits per heavy atom. The number of anilines is 1. The van der Waals surface area contributed by atoms with E-state index in [1.807, 2.05) is 23.9 Å². The molecule has 1 aromatic carbocycles. The summed E-state index contributed by atoms with van der Waals surface area (Å²) in [4.78, 5) is 1.18. The lowest BCUT2D eigenvalue weighted by atomic mass is 10.1. The highest BCUT2D eigenvalue weighted by Crippen LogP contribution is 2.41. The van der Waals surface area contributed by atoms with Gasteiger partial charge in [0.2, 0.25) is 0 Å². The van der Waals surface area contributed by atoms with Crippen LogP contribution in [0.15, 0.2) is 23.1 Å². The van der Waals surface area contributed by atoms with Crippen LogP contribution in [-0.2, 0) is 0 Å². The van der Waals surface area contributed by atoms with Crippen molar-refractivity contribution in [2.24, 2.45) is 0 Å². The Hall–Kier alpha value is -0.340. The summed E-state index contributed by atoms with van der Waals surface area (Å²) in [6.07, 6.45) is 0. The second-order valence-corrected chi connectivity index (χ2v) is 5.31. The molecular formula is C10H12ClNS. The maximum atomic E-state index is 6.07. The lowest BCUT2D eigenvalue weighted by molar-refractivity contribution is 0.637. The first-order valence-corrected chi connectivity index (χ1v) is 5.64. The molecule has 0 spiro atoms. The van der Waals surface area contributed by atoms with Crippen molar-refractivity contribution in [1.29, 1.82) is 0 Å². The van der Waals surface area contributed by atoms with Gasteiger partial charge in [-0.1, -0.05) is 17.7 Å². The molecule has 1 aromatic rings. The lowest BCUT2D eigenvalue weighted by Gasteiger charge is -2.33. The Balaban J connectivity index is 2.42. The van der Waals surface area contributed by atoms with Gasteiger partial charge in [-0.2, -0.15) is 0 Å². The van der Waals surface area contributed by atoms with Crippen molar-refractivity contribution in [2.75, 3.05) is 11.1 Å². The van der Waals surface area contributed by atoms with Crippen molar-refractivity contribution >= 4 is 29.1 Å². The van der Waals surface area contributed by atoms with Gasteiger partial charge in [-0.05, 0) is 26.0 Å². The SMILES string of the molecule is CC1(C)CSc2c(Cl)cccc2N1. The van der Waals surface area contributed by atoms with Gasteiger partial charge >= 0.3 is 0 Å². The van der Waals surface area contributed by atoms with E-state index in [2.05, 4.69) is 25.2 Å². The van der Waals surface area contributed by atoms with Gasteiger partial charge in [-0.25, -0.2) is 0 Å². The first-order chi connectivity index (χ1) is 6.08. The molecule has 1 heterocycles. The monoisotopic (exact) mass is 213 g/mol. The molecule has 0 unspecified atom stereocenters. The standard InChI is InChI=1S/C10H12ClNS/c1-10(2)6-13-9-7(11)4-3-5-8(9)12-10/h3-5,12H,6H2,1-2H3. The summed E-state index contributed by atoms with van der Waals surface area (Å²) in [7, 11) is 0. The van der Waals surface area contributed by atoms with Crippen molar-refractivity contribution in [3.63, 3.8) is 0 Å². The Labute approximate surface area is 87.9 Å². The first kappa shape index (κ1) is 9.22. The van der Waals surface area contributed by atoms with Gasteiger partial charge in [0.05, 0.1) is 5.02 Å². The summed E-state index contributed by atoms with van der Waals surface area (Å²) in [5.74, 6) is 1.06. The number of benzene rings is 1. The summed E-state index contributed by atoms with van der Waals surface area (Å²) < 4.78 is 0. The van der Waals surface area contributed by atoms with E-state index in [1.54, 1.807) is 0 Å². The van der Waals surface area contributed by atoms with Crippen LogP contribution in [0.5, 0.6) is 0 Å². The summed E-state index contributed by atoms with van der Waals surface area (Å²) in [6.45, 7) is 4.40. The second-order valence-electron chi connectivity index (χ2n) is 3.91.